The topological polar surface area (TPSA) is 123 Å². The normalized spacial score (nSPS) is 12.4. The van der Waals surface area contributed by atoms with Gasteiger partial charge >= 0.3 is 17.9 Å². The Labute approximate surface area is 325 Å². The van der Waals surface area contributed by atoms with Crippen LogP contribution in [0.25, 0.3) is 0 Å². The van der Waals surface area contributed by atoms with Crippen molar-refractivity contribution in [3.05, 3.63) is 0 Å². The van der Waals surface area contributed by atoms with Crippen molar-refractivity contribution in [2.45, 2.75) is 155 Å². The fourth-order valence-electron chi connectivity index (χ4n) is 1.51. The van der Waals surface area contributed by atoms with E-state index in [2.05, 4.69) is 47.8 Å². The maximum atomic E-state index is 11.4. The number of aliphatic hydroxyl groups is 1. The summed E-state index contributed by atoms with van der Waals surface area (Å²) in [6.45, 7) is 27.1. The molecule has 10 nitrogen and oxygen atoms in total. The van der Waals surface area contributed by atoms with Crippen molar-refractivity contribution in [3.63, 3.8) is 0 Å². The highest BCUT2D eigenvalue weighted by atomic mass is 79.9. The number of carbonyl (C=O) groups is 4. The lowest BCUT2D eigenvalue weighted by Gasteiger charge is -2.29. The van der Waals surface area contributed by atoms with Gasteiger partial charge in [-0.2, -0.15) is 0 Å². The number of ether oxygens (including phenoxy) is 3. The third-order valence-electron chi connectivity index (χ3n) is 6.54. The number of halogens is 4. The van der Waals surface area contributed by atoms with E-state index in [0.29, 0.717) is 13.2 Å². The van der Waals surface area contributed by atoms with Gasteiger partial charge in [-0.15, -0.1) is 12.4 Å². The predicted molar refractivity (Wildman–Crippen MR) is 213 cm³/mol. The zero-order valence-corrected chi connectivity index (χ0v) is 38.7. The molecule has 0 aromatic rings. The lowest BCUT2D eigenvalue weighted by Crippen LogP contribution is -2.46. The van der Waals surface area contributed by atoms with Crippen LogP contribution in [0.2, 0.25) is 0 Å². The van der Waals surface area contributed by atoms with Crippen molar-refractivity contribution in [3.8, 4) is 0 Å². The van der Waals surface area contributed by atoms with Gasteiger partial charge in [0.05, 0.1) is 29.7 Å². The van der Waals surface area contributed by atoms with Gasteiger partial charge in [0.1, 0.15) is 15.4 Å². The highest BCUT2D eigenvalue weighted by Gasteiger charge is 2.32. The first kappa shape index (κ1) is 59.8. The third kappa shape index (κ3) is 34.2. The Morgan fingerprint density at radius 2 is 0.917 bits per heavy atom. The van der Waals surface area contributed by atoms with Crippen LogP contribution < -0.4 is 0 Å². The Hall–Kier alpha value is -0.310. The zero-order chi connectivity index (χ0) is 39.0. The van der Waals surface area contributed by atoms with E-state index in [1.54, 1.807) is 34.6 Å². The van der Waals surface area contributed by atoms with Crippen molar-refractivity contribution in [2.75, 3.05) is 41.4 Å². The lowest BCUT2D eigenvalue weighted by atomic mass is 10.1. The monoisotopic (exact) mass is 906 g/mol. The average molecular weight is 910 g/mol. The van der Waals surface area contributed by atoms with E-state index >= 15 is 0 Å². The molecule has 0 radical (unpaired) electrons. The van der Waals surface area contributed by atoms with Crippen molar-refractivity contribution < 1.29 is 38.5 Å². The molecule has 0 aromatic carbocycles. The first-order chi connectivity index (χ1) is 20.9. The van der Waals surface area contributed by atoms with Crippen LogP contribution in [0, 0.1) is 0 Å². The Morgan fingerprint density at radius 3 is 1.06 bits per heavy atom. The summed E-state index contributed by atoms with van der Waals surface area (Å²) in [4.78, 5) is 48.0. The van der Waals surface area contributed by atoms with Gasteiger partial charge in [-0.05, 0) is 139 Å². The summed E-state index contributed by atoms with van der Waals surface area (Å²) >= 11 is 9.18. The Bertz CT molecular complexity index is 822. The minimum absolute atomic E-state index is 0. The van der Waals surface area contributed by atoms with Crippen LogP contribution in [-0.2, 0) is 33.4 Å². The second-order valence-corrected chi connectivity index (χ2v) is 18.0. The largest absolute Gasteiger partial charge is 0.464 e. The van der Waals surface area contributed by atoms with E-state index in [4.69, 9.17) is 19.3 Å². The molecular formula is C34H70Br3ClN2O8. The van der Waals surface area contributed by atoms with E-state index in [-0.39, 0.29) is 47.2 Å². The van der Waals surface area contributed by atoms with Gasteiger partial charge < -0.3 is 19.3 Å². The van der Waals surface area contributed by atoms with Crippen LogP contribution in [0.1, 0.15) is 123 Å². The lowest BCUT2D eigenvalue weighted by molar-refractivity contribution is -0.155. The Kier molecular flexibility index (Phi) is 37.8. The van der Waals surface area contributed by atoms with Gasteiger partial charge in [-0.1, -0.05) is 59.6 Å². The number of hydrogen-bond acceptors (Lipinski definition) is 10. The molecule has 2 atom stereocenters. The van der Waals surface area contributed by atoms with Gasteiger partial charge in [-0.3, -0.25) is 29.0 Å². The van der Waals surface area contributed by atoms with E-state index in [1.165, 1.54) is 0 Å². The number of likely N-dealkylation sites (N-methyl/N-ethyl adjacent to an activating group) is 2. The highest BCUT2D eigenvalue weighted by molar-refractivity contribution is 9.20. The number of alkyl halides is 2. The molecule has 0 aromatic heterocycles. The summed E-state index contributed by atoms with van der Waals surface area (Å²) < 4.78 is 14.2. The molecule has 0 rings (SSSR count). The van der Waals surface area contributed by atoms with Gasteiger partial charge in [-0.25, -0.2) is 0 Å². The molecule has 0 aliphatic carbocycles. The maximum absolute atomic E-state index is 11.4. The molecule has 2 unspecified atom stereocenters. The SMILES string of the molecule is CC(C)(Br)C(=O)Br.CCC(C)O.CCC(C)OC(=O)C(C)(C)Br.CCCOC(=O)C(C)(C)N(C)C.CCCOC(=O)C(C)(C)N(C)C.Cl. The van der Waals surface area contributed by atoms with Crippen molar-refractivity contribution >= 4 is 82.8 Å². The van der Waals surface area contributed by atoms with Crippen LogP contribution in [0.5, 0.6) is 0 Å². The van der Waals surface area contributed by atoms with E-state index in [0.717, 1.165) is 25.7 Å². The molecule has 292 valence electrons. The second-order valence-electron chi connectivity index (χ2n) is 13.3. The van der Waals surface area contributed by atoms with Crippen LogP contribution in [0.3, 0.4) is 0 Å². The minimum Gasteiger partial charge on any atom is -0.464 e. The second kappa shape index (κ2) is 30.3. The van der Waals surface area contributed by atoms with Crippen molar-refractivity contribution in [1.82, 2.24) is 9.80 Å². The molecule has 14 heteroatoms. The smallest absolute Gasteiger partial charge is 0.325 e. The Balaban J connectivity index is -0.000000118. The summed E-state index contributed by atoms with van der Waals surface area (Å²) in [5, 5.41) is 8.36. The quantitative estimate of drug-likeness (QED) is 0.0836. The molecule has 0 saturated carbocycles. The number of hydrogen-bond donors (Lipinski definition) is 1. The minimum atomic E-state index is -0.559. The number of rotatable bonds is 13. The molecule has 0 aliphatic rings. The van der Waals surface area contributed by atoms with Gasteiger partial charge in [0.25, 0.3) is 0 Å². The summed E-state index contributed by atoms with van der Waals surface area (Å²) in [7, 11) is 7.47. The molecule has 0 bridgehead atoms. The van der Waals surface area contributed by atoms with Gasteiger partial charge in [0.2, 0.25) is 4.69 Å². The standard InChI is InChI=1S/2C9H19NO2.C8H15BrO2.C4H6Br2O.C4H10O.ClH/c2*1-6-7-12-8(11)9(2,3)10(4)5;1-5-6(2)11-7(10)8(3,4)9;1-4(2,6)3(5)7;1-3-4(2)5;/h2*6-7H2,1-5H3;6H,5H2,1-4H3;1-2H3;4-5H,3H2,1-2H3;1H. The van der Waals surface area contributed by atoms with Crippen LogP contribution in [0.4, 0.5) is 0 Å². The summed E-state index contributed by atoms with van der Waals surface area (Å²) in [5.74, 6) is -0.518. The predicted octanol–water partition coefficient (Wildman–Crippen LogP) is 8.34. The van der Waals surface area contributed by atoms with Crippen molar-refractivity contribution in [2.24, 2.45) is 0 Å². The third-order valence-corrected chi connectivity index (χ3v) is 8.74. The average Bonchev–Trinajstić information content (AvgIpc) is 2.94. The summed E-state index contributed by atoms with van der Waals surface area (Å²) in [6.07, 6.45) is 3.36. The number of esters is 3. The molecule has 1 N–H and O–H groups in total. The van der Waals surface area contributed by atoms with E-state index in [1.807, 2.05) is 100 Å². The first-order valence-corrected chi connectivity index (χ1v) is 18.5. The zero-order valence-electron chi connectivity index (χ0n) is 33.1. The molecule has 0 saturated heterocycles. The molecule has 0 spiro atoms. The first-order valence-electron chi connectivity index (χ1n) is 16.1. The number of carbonyl (C=O) groups excluding carboxylic acids is 4. The molecule has 0 heterocycles. The maximum Gasteiger partial charge on any atom is 0.325 e. The number of aliphatic hydroxyl groups excluding tert-OH is 1. The van der Waals surface area contributed by atoms with E-state index < -0.39 is 19.7 Å². The fraction of sp³-hybridized carbons (Fsp3) is 0.882. The van der Waals surface area contributed by atoms with Gasteiger partial charge in [0.15, 0.2) is 0 Å². The fourth-order valence-corrected chi connectivity index (χ4v) is 1.61. The van der Waals surface area contributed by atoms with Crippen LogP contribution >= 0.6 is 60.2 Å². The van der Waals surface area contributed by atoms with Crippen LogP contribution in [-0.4, -0.2) is 111 Å². The van der Waals surface area contributed by atoms with Crippen molar-refractivity contribution in [1.29, 1.82) is 0 Å². The molecule has 48 heavy (non-hydrogen) atoms. The molecule has 0 fully saturated rings. The molecular weight excluding hydrogens is 840 g/mol. The highest BCUT2D eigenvalue weighted by Crippen LogP contribution is 2.20. The molecule has 0 amide bonds. The van der Waals surface area contributed by atoms with E-state index in [9.17, 15) is 19.2 Å². The molecule has 0 aliphatic heterocycles. The summed E-state index contributed by atoms with van der Waals surface area (Å²) in [5.41, 5.74) is -1.04. The summed E-state index contributed by atoms with van der Waals surface area (Å²) in [6, 6.07) is 0. The van der Waals surface area contributed by atoms with Gasteiger partial charge in [0, 0.05) is 0 Å². The Morgan fingerprint density at radius 1 is 0.646 bits per heavy atom. The van der Waals surface area contributed by atoms with Crippen LogP contribution in [0.15, 0.2) is 0 Å². The number of nitrogens with zero attached hydrogens (tertiary/aromatic N) is 2.